The van der Waals surface area contributed by atoms with Crippen LogP contribution in [0.15, 0.2) is 48.5 Å². The summed E-state index contributed by atoms with van der Waals surface area (Å²) in [4.78, 5) is 27.8. The summed E-state index contributed by atoms with van der Waals surface area (Å²) < 4.78 is 16.8. The smallest absolute Gasteiger partial charge is 0.408 e. The van der Waals surface area contributed by atoms with Crippen molar-refractivity contribution in [2.75, 3.05) is 27.3 Å². The lowest BCUT2D eigenvalue weighted by Gasteiger charge is -2.41. The third-order valence-electron chi connectivity index (χ3n) is 7.67. The molecule has 2 fully saturated rings. The van der Waals surface area contributed by atoms with Crippen molar-refractivity contribution in [3.05, 3.63) is 59.7 Å². The van der Waals surface area contributed by atoms with Crippen molar-refractivity contribution in [2.24, 2.45) is 5.92 Å². The van der Waals surface area contributed by atoms with Crippen LogP contribution in [-0.4, -0.2) is 44.2 Å². The van der Waals surface area contributed by atoms with Gasteiger partial charge in [-0.3, -0.25) is 4.79 Å². The zero-order valence-corrected chi connectivity index (χ0v) is 21.5. The Kier molecular flexibility index (Phi) is 8.73. The summed E-state index contributed by atoms with van der Waals surface area (Å²) in [5.41, 5.74) is 1.02. The van der Waals surface area contributed by atoms with Gasteiger partial charge in [0.05, 0.1) is 14.2 Å². The number of ether oxygens (including phenoxy) is 3. The summed E-state index contributed by atoms with van der Waals surface area (Å²) in [6.45, 7) is 1.43. The van der Waals surface area contributed by atoms with Crippen LogP contribution in [0.25, 0.3) is 0 Å². The van der Waals surface area contributed by atoms with Gasteiger partial charge in [0, 0.05) is 50.5 Å². The van der Waals surface area contributed by atoms with E-state index in [1.165, 1.54) is 25.7 Å². The van der Waals surface area contributed by atoms with E-state index in [2.05, 4.69) is 5.32 Å². The molecule has 0 atom stereocenters. The van der Waals surface area contributed by atoms with Crippen LogP contribution in [0.3, 0.4) is 0 Å². The molecule has 36 heavy (non-hydrogen) atoms. The molecule has 4 rings (SSSR count). The number of amides is 2. The zero-order chi connectivity index (χ0) is 25.4. The lowest BCUT2D eigenvalue weighted by molar-refractivity contribution is -0.136. The van der Waals surface area contributed by atoms with Gasteiger partial charge >= 0.3 is 6.09 Å². The average molecular weight is 495 g/mol. The maximum Gasteiger partial charge on any atom is 0.408 e. The number of carbonyl (C=O) groups is 2. The molecule has 1 aliphatic carbocycles. The molecule has 1 heterocycles. The van der Waals surface area contributed by atoms with Crippen molar-refractivity contribution in [3.8, 4) is 11.5 Å². The molecule has 2 aliphatic rings. The van der Waals surface area contributed by atoms with Crippen LogP contribution in [0.5, 0.6) is 11.5 Å². The van der Waals surface area contributed by atoms with E-state index in [4.69, 9.17) is 14.2 Å². The second kappa shape index (κ2) is 12.2. The summed E-state index contributed by atoms with van der Waals surface area (Å²) in [5, 5.41) is 2.88. The van der Waals surface area contributed by atoms with E-state index in [0.29, 0.717) is 49.8 Å². The van der Waals surface area contributed by atoms with E-state index >= 15 is 0 Å². The van der Waals surface area contributed by atoms with Gasteiger partial charge in [-0.2, -0.15) is 0 Å². The van der Waals surface area contributed by atoms with Crippen molar-refractivity contribution < 1.29 is 23.8 Å². The molecule has 7 nitrogen and oxygen atoms in total. The van der Waals surface area contributed by atoms with E-state index in [-0.39, 0.29) is 12.5 Å². The average Bonchev–Trinajstić information content (AvgIpc) is 3.45. The second-order valence-corrected chi connectivity index (χ2v) is 9.85. The van der Waals surface area contributed by atoms with Crippen LogP contribution in [0.1, 0.15) is 62.5 Å². The summed E-state index contributed by atoms with van der Waals surface area (Å²) in [7, 11) is 3.19. The van der Waals surface area contributed by atoms with Gasteiger partial charge in [-0.1, -0.05) is 56.0 Å². The first-order chi connectivity index (χ1) is 17.5. The lowest BCUT2D eigenvalue weighted by Crippen LogP contribution is -2.48. The summed E-state index contributed by atoms with van der Waals surface area (Å²) in [5.74, 6) is 2.25. The fourth-order valence-electron chi connectivity index (χ4n) is 5.47. The minimum absolute atomic E-state index is 0.222. The Bertz CT molecular complexity index is 1010. The minimum Gasteiger partial charge on any atom is -0.497 e. The monoisotopic (exact) mass is 494 g/mol. The molecule has 0 spiro atoms. The Morgan fingerprint density at radius 2 is 1.72 bits per heavy atom. The number of alkyl carbamates (subject to hydrolysis) is 1. The molecule has 1 saturated carbocycles. The first kappa shape index (κ1) is 25.9. The van der Waals surface area contributed by atoms with Crippen LogP contribution < -0.4 is 14.8 Å². The van der Waals surface area contributed by atoms with Gasteiger partial charge in [-0.05, 0) is 30.0 Å². The number of nitrogens with one attached hydrogen (secondary N) is 1. The second-order valence-electron chi connectivity index (χ2n) is 9.85. The SMILES string of the molecule is COc1ccc(CNC(=O)OC2(c3ccccc3)CCN(C(=O)CCC3CCCC3)CC2)c(OC)c1. The van der Waals surface area contributed by atoms with Crippen molar-refractivity contribution in [1.82, 2.24) is 10.2 Å². The van der Waals surface area contributed by atoms with Crippen LogP contribution >= 0.6 is 0 Å². The van der Waals surface area contributed by atoms with Crippen LogP contribution in [0.4, 0.5) is 4.79 Å². The Balaban J connectivity index is 1.38. The molecule has 0 bridgehead atoms. The number of nitrogens with zero attached hydrogens (tertiary/aromatic N) is 1. The Hall–Kier alpha value is -3.22. The lowest BCUT2D eigenvalue weighted by atomic mass is 9.84. The van der Waals surface area contributed by atoms with Crippen LogP contribution in [0.2, 0.25) is 0 Å². The number of benzene rings is 2. The van der Waals surface area contributed by atoms with Crippen LogP contribution in [0, 0.1) is 5.92 Å². The first-order valence-corrected chi connectivity index (χ1v) is 13.0. The Morgan fingerprint density at radius 1 is 1.00 bits per heavy atom. The highest BCUT2D eigenvalue weighted by atomic mass is 16.6. The minimum atomic E-state index is -0.766. The Morgan fingerprint density at radius 3 is 2.39 bits per heavy atom. The van der Waals surface area contributed by atoms with E-state index in [9.17, 15) is 9.59 Å². The van der Waals surface area contributed by atoms with Gasteiger partial charge in [0.15, 0.2) is 0 Å². The molecule has 2 aromatic carbocycles. The number of carbonyl (C=O) groups excluding carboxylic acids is 2. The molecule has 1 saturated heterocycles. The number of hydrogen-bond acceptors (Lipinski definition) is 5. The zero-order valence-electron chi connectivity index (χ0n) is 21.5. The maximum absolute atomic E-state index is 13.0. The fraction of sp³-hybridized carbons (Fsp3) is 0.517. The molecule has 0 radical (unpaired) electrons. The first-order valence-electron chi connectivity index (χ1n) is 13.0. The number of piperidine rings is 1. The van der Waals surface area contributed by atoms with Gasteiger partial charge in [0.25, 0.3) is 0 Å². The highest BCUT2D eigenvalue weighted by Crippen LogP contribution is 2.37. The van der Waals surface area contributed by atoms with Crippen LogP contribution in [-0.2, 0) is 21.7 Å². The molecular weight excluding hydrogens is 456 g/mol. The number of likely N-dealkylation sites (tertiary alicyclic amines) is 1. The number of hydrogen-bond donors (Lipinski definition) is 1. The largest absolute Gasteiger partial charge is 0.497 e. The molecule has 0 unspecified atom stereocenters. The molecule has 1 N–H and O–H groups in total. The van der Waals surface area contributed by atoms with Gasteiger partial charge in [0.2, 0.25) is 5.91 Å². The van der Waals surface area contributed by atoms with E-state index in [1.54, 1.807) is 20.3 Å². The van der Waals surface area contributed by atoms with E-state index in [0.717, 1.165) is 17.5 Å². The number of methoxy groups -OCH3 is 2. The summed E-state index contributed by atoms with van der Waals surface area (Å²) in [6, 6.07) is 15.3. The van der Waals surface area contributed by atoms with Crippen molar-refractivity contribution in [1.29, 1.82) is 0 Å². The predicted molar refractivity (Wildman–Crippen MR) is 138 cm³/mol. The van der Waals surface area contributed by atoms with Crippen molar-refractivity contribution in [3.63, 3.8) is 0 Å². The van der Waals surface area contributed by atoms with Gasteiger partial charge in [0.1, 0.15) is 17.1 Å². The molecule has 7 heteroatoms. The van der Waals surface area contributed by atoms with Crippen molar-refractivity contribution >= 4 is 12.0 Å². The normalized spacial score (nSPS) is 17.4. The fourth-order valence-corrected chi connectivity index (χ4v) is 5.47. The molecule has 2 amide bonds. The predicted octanol–water partition coefficient (Wildman–Crippen LogP) is 5.42. The van der Waals surface area contributed by atoms with Gasteiger partial charge in [-0.25, -0.2) is 4.79 Å². The topological polar surface area (TPSA) is 77.1 Å². The standard InChI is InChI=1S/C29H38N2O5/c1-34-25-14-13-23(26(20-25)35-2)21-30-28(33)36-29(24-10-4-3-5-11-24)16-18-31(19-17-29)27(32)15-12-22-8-6-7-9-22/h3-5,10-11,13-14,20,22H,6-9,12,15-19,21H2,1-2H3,(H,30,33). The third kappa shape index (κ3) is 6.31. The highest BCUT2D eigenvalue weighted by molar-refractivity contribution is 5.76. The molecular formula is C29H38N2O5. The van der Waals surface area contributed by atoms with Gasteiger partial charge < -0.3 is 24.4 Å². The summed E-state index contributed by atoms with van der Waals surface area (Å²) in [6.07, 6.45) is 7.39. The molecule has 1 aliphatic heterocycles. The molecule has 2 aromatic rings. The van der Waals surface area contributed by atoms with Gasteiger partial charge in [-0.15, -0.1) is 0 Å². The Labute approximate surface area is 214 Å². The molecule has 194 valence electrons. The van der Waals surface area contributed by atoms with E-state index in [1.807, 2.05) is 47.4 Å². The third-order valence-corrected chi connectivity index (χ3v) is 7.67. The maximum atomic E-state index is 13.0. The van der Waals surface area contributed by atoms with E-state index < -0.39 is 11.7 Å². The summed E-state index contributed by atoms with van der Waals surface area (Å²) >= 11 is 0. The quantitative estimate of drug-likeness (QED) is 0.504. The highest BCUT2D eigenvalue weighted by Gasteiger charge is 2.41. The molecule has 0 aromatic heterocycles. The van der Waals surface area contributed by atoms with Crippen molar-refractivity contribution in [2.45, 2.75) is 63.5 Å². The number of rotatable bonds is 9.